The molecule has 60 valence electrons. The highest BCUT2D eigenvalue weighted by Crippen LogP contribution is 2.22. The van der Waals surface area contributed by atoms with Crippen molar-refractivity contribution in [1.29, 1.82) is 0 Å². The van der Waals surface area contributed by atoms with E-state index in [1.54, 1.807) is 0 Å². The lowest BCUT2D eigenvalue weighted by molar-refractivity contribution is 0.413. The minimum absolute atomic E-state index is 0.575. The molecule has 10 heavy (non-hydrogen) atoms. The molecule has 1 aliphatic carbocycles. The van der Waals surface area contributed by atoms with Gasteiger partial charge in [-0.1, -0.05) is 19.3 Å². The Morgan fingerprint density at radius 2 is 1.60 bits per heavy atom. The van der Waals surface area contributed by atoms with Crippen molar-refractivity contribution >= 4 is 10.1 Å². The van der Waals surface area contributed by atoms with Gasteiger partial charge < -0.3 is 4.55 Å². The molecular formula is C6H11O3S-. The fourth-order valence-electron chi connectivity index (χ4n) is 1.35. The van der Waals surface area contributed by atoms with Gasteiger partial charge in [-0.15, -0.1) is 0 Å². The Morgan fingerprint density at radius 1 is 1.10 bits per heavy atom. The van der Waals surface area contributed by atoms with Gasteiger partial charge in [0.05, 0.1) is 10.1 Å². The number of rotatable bonds is 1. The van der Waals surface area contributed by atoms with Crippen LogP contribution in [0.2, 0.25) is 0 Å². The molecule has 0 spiro atoms. The summed E-state index contributed by atoms with van der Waals surface area (Å²) in [6.45, 7) is 0. The van der Waals surface area contributed by atoms with Gasteiger partial charge in [-0.2, -0.15) is 0 Å². The lowest BCUT2D eigenvalue weighted by Gasteiger charge is -2.23. The van der Waals surface area contributed by atoms with E-state index in [1.165, 1.54) is 0 Å². The molecule has 1 rings (SSSR count). The third-order valence-corrected chi connectivity index (χ3v) is 3.25. The van der Waals surface area contributed by atoms with Crippen molar-refractivity contribution in [2.75, 3.05) is 0 Å². The summed E-state index contributed by atoms with van der Waals surface area (Å²) < 4.78 is 31.3. The SMILES string of the molecule is O=S(=O)([O-])C1CCCCC1. The molecule has 0 aromatic carbocycles. The lowest BCUT2D eigenvalue weighted by Crippen LogP contribution is -2.23. The Bertz CT molecular complexity index is 189. The van der Waals surface area contributed by atoms with Crippen molar-refractivity contribution in [2.45, 2.75) is 37.4 Å². The summed E-state index contributed by atoms with van der Waals surface area (Å²) in [6.07, 6.45) is 4.02. The minimum Gasteiger partial charge on any atom is -0.748 e. The van der Waals surface area contributed by atoms with Crippen molar-refractivity contribution in [2.24, 2.45) is 0 Å². The molecule has 0 amide bonds. The zero-order chi connectivity index (χ0) is 7.61. The molecule has 3 nitrogen and oxygen atoms in total. The van der Waals surface area contributed by atoms with Crippen LogP contribution in [0, 0.1) is 0 Å². The van der Waals surface area contributed by atoms with Gasteiger partial charge in [-0.25, -0.2) is 8.42 Å². The van der Waals surface area contributed by atoms with Gasteiger partial charge in [0.1, 0.15) is 0 Å². The van der Waals surface area contributed by atoms with Crippen LogP contribution in [0.1, 0.15) is 32.1 Å². The summed E-state index contributed by atoms with van der Waals surface area (Å²) >= 11 is 0. The van der Waals surface area contributed by atoms with Crippen molar-refractivity contribution in [1.82, 2.24) is 0 Å². The van der Waals surface area contributed by atoms with Gasteiger partial charge in [0.2, 0.25) is 0 Å². The third-order valence-electron chi connectivity index (χ3n) is 1.96. The maximum atomic E-state index is 10.4. The third kappa shape index (κ3) is 1.95. The molecule has 0 bridgehead atoms. The maximum absolute atomic E-state index is 10.4. The zero-order valence-electron chi connectivity index (χ0n) is 5.75. The van der Waals surface area contributed by atoms with Crippen molar-refractivity contribution in [3.8, 4) is 0 Å². The van der Waals surface area contributed by atoms with E-state index in [1.807, 2.05) is 0 Å². The summed E-state index contributed by atoms with van der Waals surface area (Å²) in [5.74, 6) is 0. The first-order chi connectivity index (χ1) is 4.61. The first-order valence-corrected chi connectivity index (χ1v) is 5.02. The predicted molar refractivity (Wildman–Crippen MR) is 36.6 cm³/mol. The molecule has 1 aliphatic rings. The lowest BCUT2D eigenvalue weighted by atomic mass is 10.0. The van der Waals surface area contributed by atoms with E-state index < -0.39 is 15.4 Å². The Labute approximate surface area is 61.2 Å². The molecule has 0 aromatic rings. The van der Waals surface area contributed by atoms with Crippen LogP contribution in [-0.2, 0) is 10.1 Å². The van der Waals surface area contributed by atoms with E-state index in [-0.39, 0.29) is 0 Å². The predicted octanol–water partition coefficient (Wildman–Crippen LogP) is 0.864. The highest BCUT2D eigenvalue weighted by molar-refractivity contribution is 7.86. The summed E-state index contributed by atoms with van der Waals surface area (Å²) in [4.78, 5) is 0. The molecule has 0 aromatic heterocycles. The van der Waals surface area contributed by atoms with Gasteiger partial charge in [0, 0.05) is 5.25 Å². The van der Waals surface area contributed by atoms with E-state index in [2.05, 4.69) is 0 Å². The molecule has 0 unspecified atom stereocenters. The molecule has 0 atom stereocenters. The van der Waals surface area contributed by atoms with E-state index in [0.717, 1.165) is 19.3 Å². The second-order valence-electron chi connectivity index (χ2n) is 2.75. The molecule has 0 saturated heterocycles. The minimum atomic E-state index is -3.98. The Balaban J connectivity index is 2.56. The van der Waals surface area contributed by atoms with Crippen LogP contribution in [-0.4, -0.2) is 18.2 Å². The molecule has 0 N–H and O–H groups in total. The van der Waals surface area contributed by atoms with E-state index in [0.29, 0.717) is 12.8 Å². The normalized spacial score (nSPS) is 22.9. The van der Waals surface area contributed by atoms with Gasteiger partial charge in [0.15, 0.2) is 0 Å². The van der Waals surface area contributed by atoms with E-state index in [4.69, 9.17) is 0 Å². The summed E-state index contributed by atoms with van der Waals surface area (Å²) in [5.41, 5.74) is 0. The molecule has 1 saturated carbocycles. The highest BCUT2D eigenvalue weighted by Gasteiger charge is 2.18. The van der Waals surface area contributed by atoms with Gasteiger partial charge in [-0.05, 0) is 12.8 Å². The monoisotopic (exact) mass is 163 g/mol. The van der Waals surface area contributed by atoms with Crippen LogP contribution in [0.4, 0.5) is 0 Å². The second kappa shape index (κ2) is 2.88. The van der Waals surface area contributed by atoms with E-state index in [9.17, 15) is 13.0 Å². The van der Waals surface area contributed by atoms with Gasteiger partial charge in [-0.3, -0.25) is 0 Å². The zero-order valence-corrected chi connectivity index (χ0v) is 6.56. The van der Waals surface area contributed by atoms with Crippen LogP contribution < -0.4 is 0 Å². The van der Waals surface area contributed by atoms with Gasteiger partial charge >= 0.3 is 0 Å². The largest absolute Gasteiger partial charge is 0.748 e. The van der Waals surface area contributed by atoms with Crippen molar-refractivity contribution in [3.63, 3.8) is 0 Å². The Kier molecular flexibility index (Phi) is 2.31. The quantitative estimate of drug-likeness (QED) is 0.539. The number of hydrogen-bond donors (Lipinski definition) is 0. The molecule has 4 heteroatoms. The Morgan fingerprint density at radius 3 is 1.90 bits per heavy atom. The molecule has 0 aliphatic heterocycles. The maximum Gasteiger partial charge on any atom is 0.0975 e. The van der Waals surface area contributed by atoms with Crippen LogP contribution >= 0.6 is 0 Å². The molecule has 0 heterocycles. The topological polar surface area (TPSA) is 57.2 Å². The van der Waals surface area contributed by atoms with Crippen molar-refractivity contribution in [3.05, 3.63) is 0 Å². The second-order valence-corrected chi connectivity index (χ2v) is 4.41. The highest BCUT2D eigenvalue weighted by atomic mass is 32.2. The first-order valence-electron chi connectivity index (χ1n) is 3.55. The fraction of sp³-hybridized carbons (Fsp3) is 1.00. The Hall–Kier alpha value is -0.0900. The van der Waals surface area contributed by atoms with Crippen LogP contribution in [0.15, 0.2) is 0 Å². The summed E-state index contributed by atoms with van der Waals surface area (Å²) in [5, 5.41) is -0.582. The molecule has 0 radical (unpaired) electrons. The first kappa shape index (κ1) is 8.01. The van der Waals surface area contributed by atoms with Crippen LogP contribution in [0.25, 0.3) is 0 Å². The fourth-order valence-corrected chi connectivity index (χ4v) is 2.26. The average Bonchev–Trinajstić information content (AvgIpc) is 1.88. The van der Waals surface area contributed by atoms with Gasteiger partial charge in [0.25, 0.3) is 0 Å². The smallest absolute Gasteiger partial charge is 0.0975 e. The van der Waals surface area contributed by atoms with Crippen LogP contribution in [0.3, 0.4) is 0 Å². The molecular weight excluding hydrogens is 152 g/mol. The molecule has 1 fully saturated rings. The van der Waals surface area contributed by atoms with Crippen LogP contribution in [0.5, 0.6) is 0 Å². The summed E-state index contributed by atoms with van der Waals surface area (Å²) in [7, 11) is -3.98. The standard InChI is InChI=1S/C6H12O3S/c7-10(8,9)6-4-2-1-3-5-6/h6H,1-5H2,(H,7,8,9)/p-1. The van der Waals surface area contributed by atoms with E-state index >= 15 is 0 Å². The van der Waals surface area contributed by atoms with Crippen molar-refractivity contribution < 1.29 is 13.0 Å². The number of hydrogen-bond acceptors (Lipinski definition) is 3. The average molecular weight is 163 g/mol. The summed E-state index contributed by atoms with van der Waals surface area (Å²) in [6, 6.07) is 0.